The van der Waals surface area contributed by atoms with E-state index in [0.717, 1.165) is 11.3 Å². The van der Waals surface area contributed by atoms with Gasteiger partial charge in [-0.1, -0.05) is 41.9 Å². The molecular weight excluding hydrogens is 350 g/mol. The van der Waals surface area contributed by atoms with Gasteiger partial charge in [0.2, 0.25) is 5.95 Å². The van der Waals surface area contributed by atoms with Crippen molar-refractivity contribution in [3.05, 3.63) is 64.8 Å². The van der Waals surface area contributed by atoms with E-state index in [1.807, 2.05) is 43.1 Å². The van der Waals surface area contributed by atoms with Gasteiger partial charge >= 0.3 is 0 Å². The molecule has 0 saturated carbocycles. The highest BCUT2D eigenvalue weighted by Crippen LogP contribution is 2.32. The van der Waals surface area contributed by atoms with Crippen LogP contribution >= 0.6 is 11.6 Å². The standard InChI is InChI=1S/C19H20ClN5O/c1-13-9-16(17(26-3)10-15(13)20)22-18-11-21-24-19(23-18)25(2)12-14-7-5-4-6-8-14/h4-11H,12H2,1-3H3,(H,22,23,24). The number of anilines is 3. The van der Waals surface area contributed by atoms with Crippen LogP contribution in [0.25, 0.3) is 0 Å². The number of ether oxygens (including phenoxy) is 1. The lowest BCUT2D eigenvalue weighted by Gasteiger charge is -2.17. The van der Waals surface area contributed by atoms with E-state index in [9.17, 15) is 0 Å². The number of hydrogen-bond acceptors (Lipinski definition) is 6. The van der Waals surface area contributed by atoms with Gasteiger partial charge in [0.1, 0.15) is 5.75 Å². The summed E-state index contributed by atoms with van der Waals surface area (Å²) in [5.41, 5.74) is 2.89. The first-order chi connectivity index (χ1) is 12.6. The Kier molecular flexibility index (Phi) is 5.53. The zero-order chi connectivity index (χ0) is 18.5. The zero-order valence-corrected chi connectivity index (χ0v) is 15.7. The third-order valence-electron chi connectivity index (χ3n) is 3.90. The summed E-state index contributed by atoms with van der Waals surface area (Å²) in [6, 6.07) is 13.8. The lowest BCUT2D eigenvalue weighted by Crippen LogP contribution is -2.20. The third kappa shape index (κ3) is 4.21. The Morgan fingerprint density at radius 3 is 2.69 bits per heavy atom. The Morgan fingerprint density at radius 2 is 1.96 bits per heavy atom. The van der Waals surface area contributed by atoms with Crippen LogP contribution in [0.3, 0.4) is 0 Å². The summed E-state index contributed by atoms with van der Waals surface area (Å²) < 4.78 is 5.39. The average molecular weight is 370 g/mol. The van der Waals surface area contributed by atoms with Crippen molar-refractivity contribution in [3.8, 4) is 5.75 Å². The first-order valence-corrected chi connectivity index (χ1v) is 8.50. The molecule has 0 spiro atoms. The molecule has 0 bridgehead atoms. The number of aromatic nitrogens is 3. The van der Waals surface area contributed by atoms with E-state index in [4.69, 9.17) is 16.3 Å². The molecule has 3 rings (SSSR count). The highest BCUT2D eigenvalue weighted by Gasteiger charge is 2.11. The van der Waals surface area contributed by atoms with Gasteiger partial charge in [-0.3, -0.25) is 0 Å². The average Bonchev–Trinajstić information content (AvgIpc) is 2.65. The largest absolute Gasteiger partial charge is 0.495 e. The number of halogens is 1. The molecule has 0 aliphatic rings. The Hall–Kier alpha value is -2.86. The molecule has 6 nitrogen and oxygen atoms in total. The van der Waals surface area contributed by atoms with Crippen molar-refractivity contribution in [3.63, 3.8) is 0 Å². The number of methoxy groups -OCH3 is 1. The summed E-state index contributed by atoms with van der Waals surface area (Å²) >= 11 is 6.16. The second-order valence-corrected chi connectivity index (χ2v) is 6.32. The molecule has 134 valence electrons. The van der Waals surface area contributed by atoms with Crippen molar-refractivity contribution >= 4 is 29.1 Å². The first kappa shape index (κ1) is 17.9. The van der Waals surface area contributed by atoms with Crippen molar-refractivity contribution in [1.29, 1.82) is 0 Å². The maximum atomic E-state index is 6.16. The second-order valence-electron chi connectivity index (χ2n) is 5.91. The summed E-state index contributed by atoms with van der Waals surface area (Å²) in [5, 5.41) is 12.1. The van der Waals surface area contributed by atoms with Crippen LogP contribution in [0.2, 0.25) is 5.02 Å². The van der Waals surface area contributed by atoms with E-state index >= 15 is 0 Å². The first-order valence-electron chi connectivity index (χ1n) is 8.13. The summed E-state index contributed by atoms with van der Waals surface area (Å²) in [6.45, 7) is 2.62. The Morgan fingerprint density at radius 1 is 1.19 bits per heavy atom. The highest BCUT2D eigenvalue weighted by atomic mass is 35.5. The van der Waals surface area contributed by atoms with E-state index in [1.54, 1.807) is 19.4 Å². The molecule has 1 aromatic heterocycles. The predicted octanol–water partition coefficient (Wildman–Crippen LogP) is 4.22. The molecule has 2 aromatic carbocycles. The van der Waals surface area contributed by atoms with Crippen LogP contribution in [0.4, 0.5) is 17.5 Å². The number of aryl methyl sites for hydroxylation is 1. The van der Waals surface area contributed by atoms with Gasteiger partial charge in [0.05, 0.1) is 19.0 Å². The molecule has 7 heteroatoms. The van der Waals surface area contributed by atoms with Gasteiger partial charge in [-0.15, -0.1) is 5.10 Å². The lowest BCUT2D eigenvalue weighted by atomic mass is 10.2. The number of rotatable bonds is 6. The number of nitrogens with one attached hydrogen (secondary N) is 1. The smallest absolute Gasteiger partial charge is 0.247 e. The molecule has 0 radical (unpaired) electrons. The van der Waals surface area contributed by atoms with Crippen molar-refractivity contribution in [2.24, 2.45) is 0 Å². The summed E-state index contributed by atoms with van der Waals surface area (Å²) in [6.07, 6.45) is 1.57. The minimum absolute atomic E-state index is 0.531. The van der Waals surface area contributed by atoms with E-state index in [2.05, 4.69) is 32.6 Å². The minimum Gasteiger partial charge on any atom is -0.495 e. The van der Waals surface area contributed by atoms with Crippen LogP contribution in [0.5, 0.6) is 5.75 Å². The predicted molar refractivity (Wildman–Crippen MR) is 104 cm³/mol. The van der Waals surface area contributed by atoms with Crippen molar-refractivity contribution < 1.29 is 4.74 Å². The molecule has 0 aliphatic carbocycles. The van der Waals surface area contributed by atoms with Crippen LogP contribution in [-0.2, 0) is 6.54 Å². The Balaban J connectivity index is 1.80. The monoisotopic (exact) mass is 369 g/mol. The molecule has 3 aromatic rings. The van der Waals surface area contributed by atoms with Crippen LogP contribution < -0.4 is 15.0 Å². The number of hydrogen-bond donors (Lipinski definition) is 1. The molecule has 26 heavy (non-hydrogen) atoms. The SMILES string of the molecule is COc1cc(Cl)c(C)cc1Nc1cnnc(N(C)Cc2ccccc2)n1. The van der Waals surface area contributed by atoms with E-state index in [0.29, 0.717) is 29.1 Å². The van der Waals surface area contributed by atoms with Crippen LogP contribution in [-0.4, -0.2) is 29.3 Å². The van der Waals surface area contributed by atoms with Crippen molar-refractivity contribution in [2.75, 3.05) is 24.4 Å². The van der Waals surface area contributed by atoms with Gasteiger partial charge in [-0.25, -0.2) is 0 Å². The van der Waals surface area contributed by atoms with Gasteiger partial charge in [-0.2, -0.15) is 10.1 Å². The molecule has 1 heterocycles. The van der Waals surface area contributed by atoms with Gasteiger partial charge in [0, 0.05) is 24.7 Å². The molecule has 1 N–H and O–H groups in total. The summed E-state index contributed by atoms with van der Waals surface area (Å²) in [5.74, 6) is 1.75. The molecule has 0 amide bonds. The normalized spacial score (nSPS) is 10.5. The fraction of sp³-hybridized carbons (Fsp3) is 0.211. The summed E-state index contributed by atoms with van der Waals surface area (Å²) in [7, 11) is 3.53. The maximum Gasteiger partial charge on any atom is 0.247 e. The molecular formula is C19H20ClN5O. The fourth-order valence-electron chi connectivity index (χ4n) is 2.51. The van der Waals surface area contributed by atoms with Gasteiger partial charge < -0.3 is 15.0 Å². The zero-order valence-electron chi connectivity index (χ0n) is 14.9. The molecule has 0 aliphatic heterocycles. The van der Waals surface area contributed by atoms with Gasteiger partial charge in [0.15, 0.2) is 5.82 Å². The van der Waals surface area contributed by atoms with Gasteiger partial charge in [-0.05, 0) is 24.1 Å². The molecule has 0 saturated heterocycles. The minimum atomic E-state index is 0.531. The summed E-state index contributed by atoms with van der Waals surface area (Å²) in [4.78, 5) is 6.49. The quantitative estimate of drug-likeness (QED) is 0.701. The third-order valence-corrected chi connectivity index (χ3v) is 4.30. The second kappa shape index (κ2) is 8.01. The maximum absolute atomic E-state index is 6.16. The Bertz CT molecular complexity index is 888. The van der Waals surface area contributed by atoms with E-state index in [1.165, 1.54) is 5.56 Å². The molecule has 0 atom stereocenters. The fourth-order valence-corrected chi connectivity index (χ4v) is 2.67. The van der Waals surface area contributed by atoms with Crippen molar-refractivity contribution in [2.45, 2.75) is 13.5 Å². The van der Waals surface area contributed by atoms with Crippen LogP contribution in [0.15, 0.2) is 48.7 Å². The van der Waals surface area contributed by atoms with E-state index in [-0.39, 0.29) is 0 Å². The number of benzene rings is 2. The van der Waals surface area contributed by atoms with Crippen LogP contribution in [0, 0.1) is 6.92 Å². The topological polar surface area (TPSA) is 63.2 Å². The van der Waals surface area contributed by atoms with Gasteiger partial charge in [0.25, 0.3) is 0 Å². The van der Waals surface area contributed by atoms with E-state index < -0.39 is 0 Å². The molecule has 0 fully saturated rings. The number of nitrogens with zero attached hydrogens (tertiary/aromatic N) is 4. The highest BCUT2D eigenvalue weighted by molar-refractivity contribution is 6.31. The van der Waals surface area contributed by atoms with Crippen molar-refractivity contribution in [1.82, 2.24) is 15.2 Å². The Labute approximate surface area is 157 Å². The molecule has 0 unspecified atom stereocenters. The lowest BCUT2D eigenvalue weighted by molar-refractivity contribution is 0.416. The van der Waals surface area contributed by atoms with Crippen LogP contribution in [0.1, 0.15) is 11.1 Å².